The summed E-state index contributed by atoms with van der Waals surface area (Å²) < 4.78 is 10.6. The van der Waals surface area contributed by atoms with Crippen molar-refractivity contribution in [1.29, 1.82) is 0 Å². The summed E-state index contributed by atoms with van der Waals surface area (Å²) in [5, 5.41) is 0.294. The molecule has 25 heavy (non-hydrogen) atoms. The number of hydrogen-bond donors (Lipinski definition) is 0. The number of ether oxygens (including phenoxy) is 2. The summed E-state index contributed by atoms with van der Waals surface area (Å²) >= 11 is 6.21. The average Bonchev–Trinajstić information content (AvgIpc) is 3.11. The first-order valence-electron chi connectivity index (χ1n) is 8.34. The van der Waals surface area contributed by atoms with Gasteiger partial charge in [-0.25, -0.2) is 9.78 Å². The first kappa shape index (κ1) is 17.9. The van der Waals surface area contributed by atoms with Gasteiger partial charge in [0.1, 0.15) is 5.15 Å². The molecule has 1 aromatic heterocycles. The van der Waals surface area contributed by atoms with Gasteiger partial charge in [0.05, 0.1) is 25.3 Å². The van der Waals surface area contributed by atoms with Crippen LogP contribution < -0.4 is 0 Å². The number of rotatable bonds is 4. The lowest BCUT2D eigenvalue weighted by Crippen LogP contribution is -2.42. The molecule has 1 saturated heterocycles. The van der Waals surface area contributed by atoms with E-state index in [9.17, 15) is 9.59 Å². The van der Waals surface area contributed by atoms with E-state index in [1.165, 1.54) is 7.11 Å². The quantitative estimate of drug-likeness (QED) is 0.607. The molecule has 6 nitrogen and oxygen atoms in total. The number of esters is 1. The van der Waals surface area contributed by atoms with Crippen LogP contribution in [-0.4, -0.2) is 48.1 Å². The molecule has 0 N–H and O–H groups in total. The number of hydrogen-bond acceptors (Lipinski definition) is 5. The number of carbonyl (C=O) groups excluding carboxylic acids is 2. The van der Waals surface area contributed by atoms with Gasteiger partial charge in [0.25, 0.3) is 0 Å². The summed E-state index contributed by atoms with van der Waals surface area (Å²) in [5.74, 6) is -0.959. The van der Waals surface area contributed by atoms with Gasteiger partial charge < -0.3 is 14.4 Å². The van der Waals surface area contributed by atoms with Crippen LogP contribution in [0.25, 0.3) is 0 Å². The Kier molecular flexibility index (Phi) is 5.39. The topological polar surface area (TPSA) is 68.7 Å². The Bertz CT molecular complexity index is 713. The zero-order chi connectivity index (χ0) is 18.0. The van der Waals surface area contributed by atoms with E-state index >= 15 is 0 Å². The number of nitrogens with zero attached hydrogens (tertiary/aromatic N) is 2. The van der Waals surface area contributed by atoms with Crippen molar-refractivity contribution in [1.82, 2.24) is 9.88 Å². The van der Waals surface area contributed by atoms with E-state index in [1.54, 1.807) is 30.2 Å². The smallest absolute Gasteiger partial charge is 0.336 e. The molecule has 0 unspecified atom stereocenters. The van der Waals surface area contributed by atoms with E-state index in [0.717, 1.165) is 12.8 Å². The molecule has 0 radical (unpaired) electrons. The molecule has 1 amide bonds. The number of halogens is 1. The second-order valence-corrected chi connectivity index (χ2v) is 6.63. The van der Waals surface area contributed by atoms with Crippen LogP contribution in [0.3, 0.4) is 0 Å². The minimum Gasteiger partial charge on any atom is -0.466 e. The third-order valence-corrected chi connectivity index (χ3v) is 5.12. The maximum atomic E-state index is 12.8. The van der Waals surface area contributed by atoms with E-state index in [-0.39, 0.29) is 18.4 Å². The van der Waals surface area contributed by atoms with E-state index in [4.69, 9.17) is 21.1 Å². The number of methoxy groups -OCH3 is 1. The van der Waals surface area contributed by atoms with Crippen molar-refractivity contribution in [3.05, 3.63) is 40.3 Å². The highest BCUT2D eigenvalue weighted by Gasteiger charge is 2.38. The Morgan fingerprint density at radius 1 is 1.52 bits per heavy atom. The van der Waals surface area contributed by atoms with Crippen molar-refractivity contribution < 1.29 is 19.1 Å². The summed E-state index contributed by atoms with van der Waals surface area (Å²) in [6, 6.07) is 3.54. The summed E-state index contributed by atoms with van der Waals surface area (Å²) in [6.07, 6.45) is 3.65. The highest BCUT2D eigenvalue weighted by Crippen LogP contribution is 2.39. The number of pyridine rings is 1. The lowest BCUT2D eigenvalue weighted by atomic mass is 9.84. The van der Waals surface area contributed by atoms with Crippen LogP contribution in [0.5, 0.6) is 0 Å². The molecule has 1 aromatic rings. The molecule has 2 aliphatic rings. The fraction of sp³-hybridized carbons (Fsp3) is 0.500. The number of amides is 1. The molecule has 134 valence electrons. The van der Waals surface area contributed by atoms with Gasteiger partial charge in [-0.3, -0.25) is 4.79 Å². The zero-order valence-corrected chi connectivity index (χ0v) is 15.1. The Morgan fingerprint density at radius 3 is 2.96 bits per heavy atom. The predicted octanol–water partition coefficient (Wildman–Crippen LogP) is 2.68. The highest BCUT2D eigenvalue weighted by atomic mass is 35.5. The maximum absolute atomic E-state index is 12.8. The Morgan fingerprint density at radius 2 is 2.32 bits per heavy atom. The van der Waals surface area contributed by atoms with Crippen LogP contribution in [-0.2, 0) is 19.1 Å². The molecule has 1 fully saturated rings. The standard InChI is InChI=1S/C18H21ClN2O4/c1-11-16(18(23)24-2)14(13-6-3-7-20-17(13)19)9-15(22)21(11)10-12-5-4-8-25-12/h3,6-7,12,14H,4-5,8-10H2,1-2H3/t12-,14+/m1/s1. The van der Waals surface area contributed by atoms with Crippen LogP contribution in [0.15, 0.2) is 29.6 Å². The molecule has 0 bridgehead atoms. The third-order valence-electron chi connectivity index (χ3n) is 4.80. The van der Waals surface area contributed by atoms with E-state index in [1.807, 2.05) is 0 Å². The summed E-state index contributed by atoms with van der Waals surface area (Å²) in [4.78, 5) is 30.9. The van der Waals surface area contributed by atoms with Crippen molar-refractivity contribution in [3.63, 3.8) is 0 Å². The van der Waals surface area contributed by atoms with Gasteiger partial charge in [0.2, 0.25) is 5.91 Å². The second kappa shape index (κ2) is 7.54. The Hall–Kier alpha value is -1.92. The van der Waals surface area contributed by atoms with Gasteiger partial charge in [-0.05, 0) is 31.4 Å². The van der Waals surface area contributed by atoms with E-state index in [0.29, 0.717) is 35.1 Å². The van der Waals surface area contributed by atoms with Gasteiger partial charge in [0.15, 0.2) is 0 Å². The van der Waals surface area contributed by atoms with Gasteiger partial charge in [-0.1, -0.05) is 17.7 Å². The van der Waals surface area contributed by atoms with Crippen LogP contribution in [0, 0.1) is 0 Å². The monoisotopic (exact) mass is 364 g/mol. The minimum atomic E-state index is -0.457. The van der Waals surface area contributed by atoms with Gasteiger partial charge in [-0.15, -0.1) is 0 Å². The number of allylic oxidation sites excluding steroid dienone is 1. The molecule has 2 aliphatic heterocycles. The molecule has 3 heterocycles. The van der Waals surface area contributed by atoms with Crippen molar-refractivity contribution in [2.45, 2.75) is 38.2 Å². The summed E-state index contributed by atoms with van der Waals surface area (Å²) in [6.45, 7) is 2.95. The van der Waals surface area contributed by atoms with E-state index < -0.39 is 11.9 Å². The van der Waals surface area contributed by atoms with Crippen molar-refractivity contribution in [3.8, 4) is 0 Å². The van der Waals surface area contributed by atoms with Crippen molar-refractivity contribution in [2.24, 2.45) is 0 Å². The minimum absolute atomic E-state index is 0.0105. The lowest BCUT2D eigenvalue weighted by Gasteiger charge is -2.35. The fourth-order valence-corrected chi connectivity index (χ4v) is 3.78. The molecule has 3 rings (SSSR count). The Labute approximate surface area is 151 Å². The van der Waals surface area contributed by atoms with Gasteiger partial charge in [0, 0.05) is 30.8 Å². The lowest BCUT2D eigenvalue weighted by molar-refractivity contribution is -0.138. The molecule has 0 spiro atoms. The molecule has 0 saturated carbocycles. The molecule has 0 aliphatic carbocycles. The zero-order valence-electron chi connectivity index (χ0n) is 14.3. The fourth-order valence-electron chi connectivity index (χ4n) is 3.53. The SMILES string of the molecule is COC(=O)C1=C(C)N(C[C@H]2CCCO2)C(=O)C[C@H]1c1cccnc1Cl. The molecule has 7 heteroatoms. The third kappa shape index (κ3) is 3.55. The number of carbonyl (C=O) groups is 2. The second-order valence-electron chi connectivity index (χ2n) is 6.27. The normalized spacial score (nSPS) is 24.0. The maximum Gasteiger partial charge on any atom is 0.336 e. The molecule has 0 aromatic carbocycles. The van der Waals surface area contributed by atoms with Gasteiger partial charge >= 0.3 is 5.97 Å². The molecular formula is C18H21ClN2O4. The average molecular weight is 365 g/mol. The largest absolute Gasteiger partial charge is 0.466 e. The van der Waals surface area contributed by atoms with Crippen LogP contribution in [0.1, 0.15) is 37.7 Å². The van der Waals surface area contributed by atoms with Gasteiger partial charge in [-0.2, -0.15) is 0 Å². The molecule has 2 atom stereocenters. The highest BCUT2D eigenvalue weighted by molar-refractivity contribution is 6.30. The van der Waals surface area contributed by atoms with Crippen LogP contribution in [0.4, 0.5) is 0 Å². The van der Waals surface area contributed by atoms with E-state index in [2.05, 4.69) is 4.98 Å². The van der Waals surface area contributed by atoms with Crippen LogP contribution >= 0.6 is 11.6 Å². The summed E-state index contributed by atoms with van der Waals surface area (Å²) in [5.41, 5.74) is 1.72. The van der Waals surface area contributed by atoms with Crippen molar-refractivity contribution >= 4 is 23.5 Å². The predicted molar refractivity (Wildman–Crippen MR) is 92.0 cm³/mol. The number of aromatic nitrogens is 1. The molecular weight excluding hydrogens is 344 g/mol. The first-order chi connectivity index (χ1) is 12.0. The van der Waals surface area contributed by atoms with Crippen molar-refractivity contribution in [2.75, 3.05) is 20.3 Å². The summed E-state index contributed by atoms with van der Waals surface area (Å²) in [7, 11) is 1.34. The first-order valence-corrected chi connectivity index (χ1v) is 8.72. The Balaban J connectivity index is 2.00. The van der Waals surface area contributed by atoms with Crippen LogP contribution in [0.2, 0.25) is 5.15 Å².